The van der Waals surface area contributed by atoms with Crippen LogP contribution in [0.5, 0.6) is 5.75 Å². The van der Waals surface area contributed by atoms with Crippen LogP contribution in [-0.4, -0.2) is 42.1 Å². The normalized spacial score (nSPS) is 12.8. The minimum atomic E-state index is -1.12. The van der Waals surface area contributed by atoms with E-state index in [2.05, 4.69) is 10.6 Å². The Labute approximate surface area is 186 Å². The van der Waals surface area contributed by atoms with Gasteiger partial charge in [-0.3, -0.25) is 9.59 Å². The molecule has 1 aromatic carbocycles. The van der Waals surface area contributed by atoms with Gasteiger partial charge >= 0.3 is 11.6 Å². The maximum atomic E-state index is 12.1. The number of ether oxygens (including phenoxy) is 1. The number of aryl methyl sites for hydroxylation is 2. The van der Waals surface area contributed by atoms with E-state index in [1.54, 1.807) is 26.0 Å². The molecule has 2 atom stereocenters. The molecule has 2 aromatic rings. The maximum absolute atomic E-state index is 12.1. The first-order valence-electron chi connectivity index (χ1n) is 10.7. The summed E-state index contributed by atoms with van der Waals surface area (Å²) in [5, 5.41) is 14.9. The SMILES string of the molecule is CCCc1cc(=O)oc2c(C)c(OCC(=O)NCC(=O)NC(C(=O)O)C(C)CC)ccc12. The van der Waals surface area contributed by atoms with Gasteiger partial charge in [-0.05, 0) is 37.0 Å². The Morgan fingerprint density at radius 3 is 2.53 bits per heavy atom. The summed E-state index contributed by atoms with van der Waals surface area (Å²) in [6.45, 7) is 6.60. The summed E-state index contributed by atoms with van der Waals surface area (Å²) in [6, 6.07) is 3.96. The van der Waals surface area contributed by atoms with Crippen LogP contribution in [0.25, 0.3) is 11.0 Å². The van der Waals surface area contributed by atoms with Crippen molar-refractivity contribution >= 4 is 28.8 Å². The highest BCUT2D eigenvalue weighted by Gasteiger charge is 2.25. The summed E-state index contributed by atoms with van der Waals surface area (Å²) in [4.78, 5) is 47.3. The summed E-state index contributed by atoms with van der Waals surface area (Å²) in [7, 11) is 0. The van der Waals surface area contributed by atoms with Crippen molar-refractivity contribution in [1.82, 2.24) is 10.6 Å². The number of fused-ring (bicyclic) bond motifs is 1. The molecule has 0 aliphatic heterocycles. The predicted octanol–water partition coefficient (Wildman–Crippen LogP) is 2.16. The number of hydrogen-bond donors (Lipinski definition) is 3. The second kappa shape index (κ2) is 11.3. The standard InChI is InChI=1S/C23H30N2O7/c1-5-7-15-10-20(28)32-22-14(4)17(9-8-16(15)22)31-12-19(27)24-11-18(26)25-21(23(29)30)13(3)6-2/h8-10,13,21H,5-7,11-12H2,1-4H3,(H,24,27)(H,25,26)(H,29,30). The Hall–Kier alpha value is -3.36. The second-order valence-electron chi connectivity index (χ2n) is 7.74. The van der Waals surface area contributed by atoms with Crippen LogP contribution in [0.2, 0.25) is 0 Å². The lowest BCUT2D eigenvalue weighted by atomic mass is 9.99. The number of rotatable bonds is 11. The average molecular weight is 447 g/mol. The van der Waals surface area contributed by atoms with E-state index in [0.29, 0.717) is 23.3 Å². The fraction of sp³-hybridized carbons (Fsp3) is 0.478. The van der Waals surface area contributed by atoms with Gasteiger partial charge in [-0.25, -0.2) is 9.59 Å². The molecule has 9 heteroatoms. The molecule has 2 rings (SSSR count). The minimum absolute atomic E-state index is 0.246. The highest BCUT2D eigenvalue weighted by molar-refractivity contribution is 5.88. The second-order valence-corrected chi connectivity index (χ2v) is 7.74. The third-order valence-electron chi connectivity index (χ3n) is 5.32. The molecule has 32 heavy (non-hydrogen) atoms. The van der Waals surface area contributed by atoms with Gasteiger partial charge in [0.2, 0.25) is 5.91 Å². The Bertz CT molecular complexity index is 1040. The largest absolute Gasteiger partial charge is 0.483 e. The fourth-order valence-electron chi connectivity index (χ4n) is 3.32. The van der Waals surface area contributed by atoms with Gasteiger partial charge in [0.05, 0.1) is 6.54 Å². The quantitative estimate of drug-likeness (QED) is 0.450. The molecule has 0 spiro atoms. The molecule has 0 aliphatic carbocycles. The number of carboxylic acid groups (broad SMARTS) is 1. The van der Waals surface area contributed by atoms with E-state index < -0.39 is 29.5 Å². The number of nitrogens with one attached hydrogen (secondary N) is 2. The topological polar surface area (TPSA) is 135 Å². The lowest BCUT2D eigenvalue weighted by molar-refractivity contribution is -0.143. The molecule has 3 N–H and O–H groups in total. The van der Waals surface area contributed by atoms with E-state index in [-0.39, 0.29) is 19.1 Å². The Kier molecular flexibility index (Phi) is 8.80. The molecule has 0 bridgehead atoms. The molecule has 0 saturated heterocycles. The maximum Gasteiger partial charge on any atom is 0.336 e. The zero-order valence-electron chi connectivity index (χ0n) is 18.8. The first-order valence-corrected chi connectivity index (χ1v) is 10.7. The number of benzene rings is 1. The smallest absolute Gasteiger partial charge is 0.336 e. The zero-order valence-corrected chi connectivity index (χ0v) is 18.8. The van der Waals surface area contributed by atoms with Crippen LogP contribution in [0, 0.1) is 12.8 Å². The molecule has 2 amide bonds. The van der Waals surface area contributed by atoms with E-state index in [9.17, 15) is 24.3 Å². The van der Waals surface area contributed by atoms with Crippen molar-refractivity contribution in [1.29, 1.82) is 0 Å². The van der Waals surface area contributed by atoms with Crippen molar-refractivity contribution in [3.05, 3.63) is 39.7 Å². The van der Waals surface area contributed by atoms with Gasteiger partial charge in [0, 0.05) is 17.0 Å². The van der Waals surface area contributed by atoms with Crippen LogP contribution in [-0.2, 0) is 20.8 Å². The molecule has 2 unspecified atom stereocenters. The van der Waals surface area contributed by atoms with Crippen LogP contribution >= 0.6 is 0 Å². The van der Waals surface area contributed by atoms with Gasteiger partial charge in [0.1, 0.15) is 17.4 Å². The van der Waals surface area contributed by atoms with Crippen LogP contribution in [0.1, 0.15) is 44.7 Å². The van der Waals surface area contributed by atoms with Gasteiger partial charge in [-0.15, -0.1) is 0 Å². The summed E-state index contributed by atoms with van der Waals surface area (Å²) in [5.41, 5.74) is 1.47. The van der Waals surface area contributed by atoms with Crippen molar-refractivity contribution in [3.63, 3.8) is 0 Å². The summed E-state index contributed by atoms with van der Waals surface area (Å²) < 4.78 is 10.9. The third kappa shape index (κ3) is 6.32. The van der Waals surface area contributed by atoms with E-state index in [0.717, 1.165) is 23.8 Å². The van der Waals surface area contributed by atoms with Gasteiger partial charge < -0.3 is 24.9 Å². The van der Waals surface area contributed by atoms with E-state index in [4.69, 9.17) is 9.15 Å². The average Bonchev–Trinajstić information content (AvgIpc) is 2.75. The van der Waals surface area contributed by atoms with Gasteiger partial charge in [0.15, 0.2) is 6.61 Å². The number of carboxylic acids is 1. The van der Waals surface area contributed by atoms with E-state index in [1.807, 2.05) is 13.8 Å². The summed E-state index contributed by atoms with van der Waals surface area (Å²) in [6.07, 6.45) is 2.21. The lowest BCUT2D eigenvalue weighted by Gasteiger charge is -2.20. The Balaban J connectivity index is 1.98. The van der Waals surface area contributed by atoms with Crippen molar-refractivity contribution in [3.8, 4) is 5.75 Å². The van der Waals surface area contributed by atoms with Gasteiger partial charge in [-0.1, -0.05) is 33.6 Å². The van der Waals surface area contributed by atoms with Crippen LogP contribution < -0.4 is 21.0 Å². The molecular formula is C23H30N2O7. The fourth-order valence-corrected chi connectivity index (χ4v) is 3.32. The zero-order chi connectivity index (χ0) is 23.8. The number of aliphatic carboxylic acids is 1. The molecule has 0 saturated carbocycles. The number of carbonyl (C=O) groups excluding carboxylic acids is 2. The lowest BCUT2D eigenvalue weighted by Crippen LogP contribution is -2.48. The molecule has 0 radical (unpaired) electrons. The van der Waals surface area contributed by atoms with E-state index in [1.165, 1.54) is 6.07 Å². The Morgan fingerprint density at radius 1 is 1.19 bits per heavy atom. The first kappa shape index (κ1) is 24.9. The monoisotopic (exact) mass is 446 g/mol. The molecule has 0 fully saturated rings. The Morgan fingerprint density at radius 2 is 1.91 bits per heavy atom. The molecule has 9 nitrogen and oxygen atoms in total. The van der Waals surface area contributed by atoms with E-state index >= 15 is 0 Å². The first-order chi connectivity index (χ1) is 15.2. The molecule has 1 heterocycles. The molecule has 0 aliphatic rings. The van der Waals surface area contributed by atoms with Crippen molar-refractivity contribution < 1.29 is 28.6 Å². The number of amides is 2. The van der Waals surface area contributed by atoms with Crippen LogP contribution in [0.3, 0.4) is 0 Å². The van der Waals surface area contributed by atoms with Crippen molar-refractivity contribution in [2.45, 2.75) is 53.0 Å². The molecular weight excluding hydrogens is 416 g/mol. The summed E-state index contributed by atoms with van der Waals surface area (Å²) in [5.74, 6) is -2.13. The highest BCUT2D eigenvalue weighted by atomic mass is 16.5. The highest BCUT2D eigenvalue weighted by Crippen LogP contribution is 2.28. The van der Waals surface area contributed by atoms with Crippen LogP contribution in [0.4, 0.5) is 0 Å². The number of carbonyl (C=O) groups is 3. The minimum Gasteiger partial charge on any atom is -0.483 e. The third-order valence-corrected chi connectivity index (χ3v) is 5.32. The number of hydrogen-bond acceptors (Lipinski definition) is 6. The summed E-state index contributed by atoms with van der Waals surface area (Å²) >= 11 is 0. The van der Waals surface area contributed by atoms with Crippen molar-refractivity contribution in [2.75, 3.05) is 13.2 Å². The molecule has 174 valence electrons. The van der Waals surface area contributed by atoms with Gasteiger partial charge in [-0.2, -0.15) is 0 Å². The van der Waals surface area contributed by atoms with Crippen LogP contribution in [0.15, 0.2) is 27.4 Å². The van der Waals surface area contributed by atoms with Crippen molar-refractivity contribution in [2.24, 2.45) is 5.92 Å². The molecule has 1 aromatic heterocycles. The predicted molar refractivity (Wildman–Crippen MR) is 119 cm³/mol. The van der Waals surface area contributed by atoms with Gasteiger partial charge in [0.25, 0.3) is 5.91 Å².